The first-order chi connectivity index (χ1) is 9.72. The molecule has 1 aliphatic carbocycles. The molecule has 4 nitrogen and oxygen atoms in total. The summed E-state index contributed by atoms with van der Waals surface area (Å²) in [6, 6.07) is 8.03. The van der Waals surface area contributed by atoms with Gasteiger partial charge in [-0.1, -0.05) is 28.9 Å². The highest BCUT2D eigenvalue weighted by Gasteiger charge is 2.27. The largest absolute Gasteiger partial charge is 0.339 e. The number of hydrogen-bond donors (Lipinski definition) is 1. The van der Waals surface area contributed by atoms with Gasteiger partial charge in [-0.05, 0) is 31.4 Å². The van der Waals surface area contributed by atoms with Crippen LogP contribution in [0.2, 0.25) is 5.02 Å². The van der Waals surface area contributed by atoms with Crippen LogP contribution in [0.3, 0.4) is 0 Å². The van der Waals surface area contributed by atoms with Crippen molar-refractivity contribution in [2.75, 3.05) is 0 Å². The van der Waals surface area contributed by atoms with Gasteiger partial charge in [0, 0.05) is 16.9 Å². The van der Waals surface area contributed by atoms with E-state index in [1.54, 1.807) is 11.8 Å². The Morgan fingerprint density at radius 3 is 2.95 bits per heavy atom. The molecule has 0 saturated heterocycles. The standard InChI is InChI=1S/C14H16ClN3OS/c15-11-3-1-2-4-12(11)20-8-13-17-14(19-18-13)9-5-6-10(16)7-9/h1-4,9-10H,5-8,16H2. The van der Waals surface area contributed by atoms with Crippen LogP contribution >= 0.6 is 23.4 Å². The van der Waals surface area contributed by atoms with Gasteiger partial charge < -0.3 is 10.3 Å². The highest BCUT2D eigenvalue weighted by molar-refractivity contribution is 7.98. The number of benzene rings is 1. The molecule has 0 amide bonds. The Balaban J connectivity index is 1.62. The average molecular weight is 310 g/mol. The monoisotopic (exact) mass is 309 g/mol. The van der Waals surface area contributed by atoms with Crippen molar-refractivity contribution in [3.8, 4) is 0 Å². The maximum Gasteiger partial charge on any atom is 0.229 e. The van der Waals surface area contributed by atoms with Crippen molar-refractivity contribution in [3.05, 3.63) is 41.0 Å². The summed E-state index contributed by atoms with van der Waals surface area (Å²) in [5, 5.41) is 4.79. The molecule has 1 aromatic heterocycles. The van der Waals surface area contributed by atoms with E-state index >= 15 is 0 Å². The predicted octanol–water partition coefficient (Wildman–Crippen LogP) is 3.61. The molecule has 106 valence electrons. The maximum absolute atomic E-state index is 6.12. The summed E-state index contributed by atoms with van der Waals surface area (Å²) >= 11 is 7.73. The minimum atomic E-state index is 0.271. The number of aromatic nitrogens is 2. The summed E-state index contributed by atoms with van der Waals surface area (Å²) in [7, 11) is 0. The lowest BCUT2D eigenvalue weighted by molar-refractivity contribution is 0.350. The summed E-state index contributed by atoms with van der Waals surface area (Å²) in [5.74, 6) is 2.43. The van der Waals surface area contributed by atoms with Crippen LogP contribution in [0.5, 0.6) is 0 Å². The van der Waals surface area contributed by atoms with E-state index in [2.05, 4.69) is 10.1 Å². The summed E-state index contributed by atoms with van der Waals surface area (Å²) in [6.07, 6.45) is 3.02. The molecule has 2 aromatic rings. The quantitative estimate of drug-likeness (QED) is 0.874. The first kappa shape index (κ1) is 13.9. The van der Waals surface area contributed by atoms with Gasteiger partial charge in [0.15, 0.2) is 5.82 Å². The number of nitrogens with two attached hydrogens (primary N) is 1. The number of nitrogens with zero attached hydrogens (tertiary/aromatic N) is 2. The van der Waals surface area contributed by atoms with Gasteiger partial charge in [0.05, 0.1) is 10.8 Å². The third kappa shape index (κ3) is 3.16. The Bertz CT molecular complexity index is 589. The van der Waals surface area contributed by atoms with E-state index in [-0.39, 0.29) is 6.04 Å². The molecule has 2 unspecified atom stereocenters. The molecule has 0 bridgehead atoms. The van der Waals surface area contributed by atoms with Gasteiger partial charge in [-0.3, -0.25) is 0 Å². The van der Waals surface area contributed by atoms with E-state index in [9.17, 15) is 0 Å². The molecule has 2 N–H and O–H groups in total. The first-order valence-electron chi connectivity index (χ1n) is 6.68. The molecule has 1 aromatic carbocycles. The molecule has 0 aliphatic heterocycles. The van der Waals surface area contributed by atoms with Gasteiger partial charge in [0.25, 0.3) is 0 Å². The van der Waals surface area contributed by atoms with Crippen molar-refractivity contribution < 1.29 is 4.52 Å². The molecule has 0 radical (unpaired) electrons. The van der Waals surface area contributed by atoms with Gasteiger partial charge in [-0.25, -0.2) is 0 Å². The van der Waals surface area contributed by atoms with E-state index < -0.39 is 0 Å². The van der Waals surface area contributed by atoms with Crippen LogP contribution in [-0.4, -0.2) is 16.2 Å². The molecule has 6 heteroatoms. The average Bonchev–Trinajstić information content (AvgIpc) is 3.06. The van der Waals surface area contributed by atoms with Crippen molar-refractivity contribution in [2.45, 2.75) is 41.9 Å². The van der Waals surface area contributed by atoms with Gasteiger partial charge in [0.1, 0.15) is 0 Å². The Morgan fingerprint density at radius 1 is 1.35 bits per heavy atom. The molecule has 1 heterocycles. The maximum atomic E-state index is 6.12. The van der Waals surface area contributed by atoms with E-state index in [1.807, 2.05) is 24.3 Å². The minimum absolute atomic E-state index is 0.271. The Labute approximate surface area is 127 Å². The zero-order valence-corrected chi connectivity index (χ0v) is 12.5. The summed E-state index contributed by atoms with van der Waals surface area (Å²) in [5.41, 5.74) is 5.91. The van der Waals surface area contributed by atoms with Crippen molar-refractivity contribution >= 4 is 23.4 Å². The van der Waals surface area contributed by atoms with Gasteiger partial charge >= 0.3 is 0 Å². The topological polar surface area (TPSA) is 64.9 Å². The van der Waals surface area contributed by atoms with Gasteiger partial charge in [0.2, 0.25) is 5.89 Å². The fourth-order valence-electron chi connectivity index (χ4n) is 2.44. The molecule has 0 spiro atoms. The molecular formula is C14H16ClN3OS. The molecular weight excluding hydrogens is 294 g/mol. The number of thioether (sulfide) groups is 1. The normalized spacial score (nSPS) is 22.3. The highest BCUT2D eigenvalue weighted by atomic mass is 35.5. The van der Waals surface area contributed by atoms with Crippen molar-refractivity contribution in [3.63, 3.8) is 0 Å². The van der Waals surface area contributed by atoms with Crippen molar-refractivity contribution in [2.24, 2.45) is 5.73 Å². The van der Waals surface area contributed by atoms with Crippen LogP contribution in [0.1, 0.15) is 36.9 Å². The third-order valence-electron chi connectivity index (χ3n) is 3.50. The van der Waals surface area contributed by atoms with Crippen LogP contribution in [0, 0.1) is 0 Å². The third-order valence-corrected chi connectivity index (χ3v) is 5.01. The SMILES string of the molecule is NC1CCC(c2nc(CSc3ccccc3Cl)no2)C1. The Morgan fingerprint density at radius 2 is 2.20 bits per heavy atom. The van der Waals surface area contributed by atoms with Crippen LogP contribution in [0.4, 0.5) is 0 Å². The molecule has 2 atom stereocenters. The smallest absolute Gasteiger partial charge is 0.229 e. The first-order valence-corrected chi connectivity index (χ1v) is 8.04. The molecule has 3 rings (SSSR count). The second-order valence-electron chi connectivity index (χ2n) is 5.04. The molecule has 1 saturated carbocycles. The van der Waals surface area contributed by atoms with Crippen molar-refractivity contribution in [1.82, 2.24) is 10.1 Å². The van der Waals surface area contributed by atoms with Crippen LogP contribution in [-0.2, 0) is 5.75 Å². The van der Waals surface area contributed by atoms with E-state index in [0.29, 0.717) is 17.5 Å². The second-order valence-corrected chi connectivity index (χ2v) is 6.46. The lowest BCUT2D eigenvalue weighted by Crippen LogP contribution is -2.14. The van der Waals surface area contributed by atoms with Crippen LogP contribution < -0.4 is 5.73 Å². The zero-order chi connectivity index (χ0) is 13.9. The summed E-state index contributed by atoms with van der Waals surface area (Å²) in [6.45, 7) is 0. The minimum Gasteiger partial charge on any atom is -0.339 e. The Kier molecular flexibility index (Phi) is 4.29. The molecule has 1 aliphatic rings. The molecule has 20 heavy (non-hydrogen) atoms. The fourth-order valence-corrected chi connectivity index (χ4v) is 3.52. The number of rotatable bonds is 4. The lowest BCUT2D eigenvalue weighted by atomic mass is 10.1. The molecule has 1 fully saturated rings. The Hall–Kier alpha value is -1.04. The van der Waals surface area contributed by atoms with Gasteiger partial charge in [-0.15, -0.1) is 11.8 Å². The van der Waals surface area contributed by atoms with E-state index in [0.717, 1.165) is 35.1 Å². The number of hydrogen-bond acceptors (Lipinski definition) is 5. The zero-order valence-electron chi connectivity index (χ0n) is 11.0. The fraction of sp³-hybridized carbons (Fsp3) is 0.429. The predicted molar refractivity (Wildman–Crippen MR) is 79.9 cm³/mol. The van der Waals surface area contributed by atoms with Crippen molar-refractivity contribution in [1.29, 1.82) is 0 Å². The second kappa shape index (κ2) is 6.16. The highest BCUT2D eigenvalue weighted by Crippen LogP contribution is 2.33. The van der Waals surface area contributed by atoms with E-state index in [1.165, 1.54) is 0 Å². The van der Waals surface area contributed by atoms with Gasteiger partial charge in [-0.2, -0.15) is 4.98 Å². The number of halogens is 1. The van der Waals surface area contributed by atoms with Crippen LogP contribution in [0.25, 0.3) is 0 Å². The summed E-state index contributed by atoms with van der Waals surface area (Å²) < 4.78 is 5.35. The lowest BCUT2D eigenvalue weighted by Gasteiger charge is -2.02. The van der Waals surface area contributed by atoms with E-state index in [4.69, 9.17) is 21.9 Å². The summed E-state index contributed by atoms with van der Waals surface area (Å²) in [4.78, 5) is 5.51. The van der Waals surface area contributed by atoms with Crippen LogP contribution in [0.15, 0.2) is 33.7 Å².